The summed E-state index contributed by atoms with van der Waals surface area (Å²) >= 11 is 0. The minimum atomic E-state index is 0.835. The van der Waals surface area contributed by atoms with E-state index in [0.29, 0.717) is 0 Å². The van der Waals surface area contributed by atoms with Crippen molar-refractivity contribution in [1.82, 2.24) is 0 Å². The Labute approximate surface area is 91.5 Å². The zero-order valence-corrected chi connectivity index (χ0v) is 11.3. The first-order valence-electron chi connectivity index (χ1n) is 6.40. The summed E-state index contributed by atoms with van der Waals surface area (Å²) in [4.78, 5) is 0. The van der Waals surface area contributed by atoms with E-state index in [9.17, 15) is 0 Å². The molecule has 14 heavy (non-hydrogen) atoms. The average molecular weight is 198 g/mol. The van der Waals surface area contributed by atoms with Crippen LogP contribution >= 0.6 is 0 Å². The van der Waals surface area contributed by atoms with Gasteiger partial charge in [0.2, 0.25) is 0 Å². The fourth-order valence-electron chi connectivity index (χ4n) is 2.56. The molecule has 0 spiro atoms. The third kappa shape index (κ3) is 4.48. The van der Waals surface area contributed by atoms with Gasteiger partial charge in [0.05, 0.1) is 0 Å². The Morgan fingerprint density at radius 3 is 1.50 bits per heavy atom. The monoisotopic (exact) mass is 198 g/mol. The first kappa shape index (κ1) is 14.0. The Bertz CT molecular complexity index is 135. The maximum Gasteiger partial charge on any atom is -0.0368 e. The van der Waals surface area contributed by atoms with Crippen molar-refractivity contribution in [2.24, 2.45) is 29.6 Å². The minimum absolute atomic E-state index is 0.835. The van der Waals surface area contributed by atoms with Gasteiger partial charge in [-0.3, -0.25) is 0 Å². The molecule has 0 nitrogen and oxygen atoms in total. The van der Waals surface area contributed by atoms with E-state index < -0.39 is 0 Å². The molecule has 0 saturated carbocycles. The van der Waals surface area contributed by atoms with Crippen LogP contribution in [-0.2, 0) is 0 Å². The lowest BCUT2D eigenvalue weighted by atomic mass is 9.76. The highest BCUT2D eigenvalue weighted by atomic mass is 14.3. The van der Waals surface area contributed by atoms with Crippen molar-refractivity contribution >= 4 is 0 Å². The summed E-state index contributed by atoms with van der Waals surface area (Å²) in [5, 5.41) is 0. The molecule has 0 aliphatic carbocycles. The third-order valence-corrected chi connectivity index (χ3v) is 3.94. The summed E-state index contributed by atoms with van der Waals surface area (Å²) < 4.78 is 0. The molecule has 0 aliphatic rings. The van der Waals surface area contributed by atoms with Crippen LogP contribution in [0.2, 0.25) is 0 Å². The van der Waals surface area contributed by atoms with Gasteiger partial charge in [-0.1, -0.05) is 54.9 Å². The molecule has 0 heterocycles. The topological polar surface area (TPSA) is 0 Å². The molecule has 0 fully saturated rings. The molecule has 0 aromatic rings. The lowest BCUT2D eigenvalue weighted by molar-refractivity contribution is 0.207. The first-order chi connectivity index (χ1) is 6.40. The van der Waals surface area contributed by atoms with E-state index >= 15 is 0 Å². The van der Waals surface area contributed by atoms with Crippen molar-refractivity contribution in [1.29, 1.82) is 0 Å². The molecule has 0 N–H and O–H groups in total. The van der Waals surface area contributed by atoms with Crippen LogP contribution in [0, 0.1) is 29.6 Å². The minimum Gasteiger partial charge on any atom is -0.0651 e. The first-order valence-corrected chi connectivity index (χ1v) is 6.40. The Hall–Kier alpha value is 0. The fraction of sp³-hybridized carbons (Fsp3) is 1.00. The molecule has 0 rings (SSSR count). The molecule has 0 radical (unpaired) electrons. The Morgan fingerprint density at radius 1 is 0.714 bits per heavy atom. The molecule has 3 unspecified atom stereocenters. The molecule has 0 aliphatic heterocycles. The summed E-state index contributed by atoms with van der Waals surface area (Å²) in [6, 6.07) is 0. The predicted molar refractivity (Wildman–Crippen MR) is 66.4 cm³/mol. The Morgan fingerprint density at radius 2 is 1.21 bits per heavy atom. The van der Waals surface area contributed by atoms with Gasteiger partial charge in [-0.25, -0.2) is 0 Å². The fourth-order valence-corrected chi connectivity index (χ4v) is 2.56. The van der Waals surface area contributed by atoms with Gasteiger partial charge >= 0.3 is 0 Å². The maximum atomic E-state index is 2.44. The van der Waals surface area contributed by atoms with E-state index in [-0.39, 0.29) is 0 Å². The smallest absolute Gasteiger partial charge is 0.0368 e. The molecule has 0 saturated heterocycles. The normalized spacial score (nSPS) is 18.6. The standard InChI is InChI=1S/C14H30/c1-8-14(11(4)5)13(7)9-12(6)10(2)3/h10-14H,8-9H2,1-7H3. The zero-order valence-electron chi connectivity index (χ0n) is 11.3. The third-order valence-electron chi connectivity index (χ3n) is 3.94. The summed E-state index contributed by atoms with van der Waals surface area (Å²) in [7, 11) is 0. The van der Waals surface area contributed by atoms with Gasteiger partial charge in [0.25, 0.3) is 0 Å². The summed E-state index contributed by atoms with van der Waals surface area (Å²) in [6.07, 6.45) is 2.73. The van der Waals surface area contributed by atoms with E-state index in [2.05, 4.69) is 48.5 Å². The zero-order chi connectivity index (χ0) is 11.3. The van der Waals surface area contributed by atoms with Crippen molar-refractivity contribution in [2.75, 3.05) is 0 Å². The second kappa shape index (κ2) is 6.48. The van der Waals surface area contributed by atoms with Crippen LogP contribution in [0.4, 0.5) is 0 Å². The van der Waals surface area contributed by atoms with E-state index in [0.717, 1.165) is 29.6 Å². The maximum absolute atomic E-state index is 2.44. The van der Waals surface area contributed by atoms with Gasteiger partial charge in [-0.05, 0) is 36.0 Å². The van der Waals surface area contributed by atoms with E-state index in [1.165, 1.54) is 12.8 Å². The van der Waals surface area contributed by atoms with Gasteiger partial charge in [-0.2, -0.15) is 0 Å². The second-order valence-electron chi connectivity index (χ2n) is 5.75. The molecular weight excluding hydrogens is 168 g/mol. The van der Waals surface area contributed by atoms with Crippen molar-refractivity contribution < 1.29 is 0 Å². The SMILES string of the molecule is CCC(C(C)C)C(C)CC(C)C(C)C. The van der Waals surface area contributed by atoms with Crippen molar-refractivity contribution in [2.45, 2.75) is 61.3 Å². The number of hydrogen-bond donors (Lipinski definition) is 0. The van der Waals surface area contributed by atoms with E-state index in [4.69, 9.17) is 0 Å². The van der Waals surface area contributed by atoms with Crippen LogP contribution in [0.3, 0.4) is 0 Å². The summed E-state index contributed by atoms with van der Waals surface area (Å²) in [6.45, 7) is 16.6. The van der Waals surface area contributed by atoms with Crippen LogP contribution in [0.5, 0.6) is 0 Å². The highest BCUT2D eigenvalue weighted by molar-refractivity contribution is 4.71. The largest absolute Gasteiger partial charge is 0.0651 e. The lowest BCUT2D eigenvalue weighted by Crippen LogP contribution is -2.20. The van der Waals surface area contributed by atoms with Gasteiger partial charge in [0.15, 0.2) is 0 Å². The number of hydrogen-bond acceptors (Lipinski definition) is 0. The quantitative estimate of drug-likeness (QED) is 0.564. The van der Waals surface area contributed by atoms with Crippen LogP contribution in [0.25, 0.3) is 0 Å². The second-order valence-corrected chi connectivity index (χ2v) is 5.75. The van der Waals surface area contributed by atoms with Crippen LogP contribution < -0.4 is 0 Å². The van der Waals surface area contributed by atoms with Crippen molar-refractivity contribution in [3.05, 3.63) is 0 Å². The Kier molecular flexibility index (Phi) is 6.48. The molecule has 3 atom stereocenters. The van der Waals surface area contributed by atoms with Crippen molar-refractivity contribution in [3.8, 4) is 0 Å². The molecule has 0 aromatic heterocycles. The number of rotatable bonds is 6. The van der Waals surface area contributed by atoms with E-state index in [1.807, 2.05) is 0 Å². The molecular formula is C14H30. The highest BCUT2D eigenvalue weighted by Gasteiger charge is 2.21. The van der Waals surface area contributed by atoms with E-state index in [1.54, 1.807) is 0 Å². The van der Waals surface area contributed by atoms with Crippen LogP contribution in [-0.4, -0.2) is 0 Å². The highest BCUT2D eigenvalue weighted by Crippen LogP contribution is 2.30. The van der Waals surface area contributed by atoms with Crippen molar-refractivity contribution in [3.63, 3.8) is 0 Å². The Balaban J connectivity index is 4.10. The molecule has 0 heteroatoms. The van der Waals surface area contributed by atoms with Crippen LogP contribution in [0.15, 0.2) is 0 Å². The lowest BCUT2D eigenvalue weighted by Gasteiger charge is -2.29. The van der Waals surface area contributed by atoms with Gasteiger partial charge in [-0.15, -0.1) is 0 Å². The van der Waals surface area contributed by atoms with Gasteiger partial charge in [0.1, 0.15) is 0 Å². The summed E-state index contributed by atoms with van der Waals surface area (Å²) in [5.74, 6) is 4.35. The predicted octanol–water partition coefficient (Wildman–Crippen LogP) is 4.99. The van der Waals surface area contributed by atoms with Gasteiger partial charge in [0, 0.05) is 0 Å². The molecule has 86 valence electrons. The summed E-state index contributed by atoms with van der Waals surface area (Å²) in [5.41, 5.74) is 0. The molecule has 0 amide bonds. The van der Waals surface area contributed by atoms with Gasteiger partial charge < -0.3 is 0 Å². The van der Waals surface area contributed by atoms with Crippen LogP contribution in [0.1, 0.15) is 61.3 Å². The molecule has 0 bridgehead atoms. The average Bonchev–Trinajstić information content (AvgIpc) is 2.04. The molecule has 0 aromatic carbocycles.